The fourth-order valence-electron chi connectivity index (χ4n) is 7.98. The first kappa shape index (κ1) is 63.1. The molecule has 6 heteroatoms. The predicted molar refractivity (Wildman–Crippen MR) is 284 cm³/mol. The van der Waals surface area contributed by atoms with Crippen molar-refractivity contribution in [1.29, 1.82) is 0 Å². The van der Waals surface area contributed by atoms with Crippen LogP contribution in [-0.2, 0) is 28.6 Å². The number of esters is 3. The highest BCUT2D eigenvalue weighted by Crippen LogP contribution is 2.16. The average Bonchev–Trinajstić information content (AvgIpc) is 3.31. The lowest BCUT2D eigenvalue weighted by molar-refractivity contribution is -0.167. The van der Waals surface area contributed by atoms with E-state index in [1.807, 2.05) is 0 Å². The zero-order valence-electron chi connectivity index (χ0n) is 43.7. The molecule has 0 saturated carbocycles. The van der Waals surface area contributed by atoms with Gasteiger partial charge < -0.3 is 14.2 Å². The van der Waals surface area contributed by atoms with Gasteiger partial charge >= 0.3 is 17.9 Å². The number of carbonyl (C=O) groups is 3. The van der Waals surface area contributed by atoms with Crippen molar-refractivity contribution in [3.63, 3.8) is 0 Å². The van der Waals surface area contributed by atoms with Crippen molar-refractivity contribution in [1.82, 2.24) is 0 Å². The van der Waals surface area contributed by atoms with E-state index in [0.717, 1.165) is 109 Å². The lowest BCUT2D eigenvalue weighted by Crippen LogP contribution is -2.30. The van der Waals surface area contributed by atoms with Crippen LogP contribution >= 0.6 is 0 Å². The molecule has 0 aromatic rings. The summed E-state index contributed by atoms with van der Waals surface area (Å²) in [5.74, 6) is -0.905. The van der Waals surface area contributed by atoms with E-state index >= 15 is 0 Å². The number of carbonyl (C=O) groups excluding carboxylic acids is 3. The van der Waals surface area contributed by atoms with Crippen molar-refractivity contribution < 1.29 is 28.6 Å². The third-order valence-corrected chi connectivity index (χ3v) is 12.2. The summed E-state index contributed by atoms with van der Waals surface area (Å²) >= 11 is 0. The van der Waals surface area contributed by atoms with Crippen molar-refractivity contribution in [2.45, 2.75) is 290 Å². The van der Waals surface area contributed by atoms with Gasteiger partial charge in [-0.1, -0.05) is 229 Å². The molecule has 0 aromatic heterocycles. The molecule has 1 atom stereocenters. The van der Waals surface area contributed by atoms with Gasteiger partial charge in [-0.2, -0.15) is 0 Å². The maximum atomic E-state index is 12.8. The molecular weight excluding hydrogens is 817 g/mol. The van der Waals surface area contributed by atoms with Gasteiger partial charge in [0.25, 0.3) is 0 Å². The second-order valence-electron chi connectivity index (χ2n) is 18.8. The van der Waals surface area contributed by atoms with Crippen molar-refractivity contribution >= 4 is 17.9 Å². The van der Waals surface area contributed by atoms with Gasteiger partial charge in [-0.3, -0.25) is 14.4 Å². The number of rotatable bonds is 51. The van der Waals surface area contributed by atoms with Gasteiger partial charge in [0.05, 0.1) is 0 Å². The Hall–Kier alpha value is -2.89. The zero-order chi connectivity index (χ0) is 47.9. The second-order valence-corrected chi connectivity index (χ2v) is 18.8. The Morgan fingerprint density at radius 2 is 0.621 bits per heavy atom. The van der Waals surface area contributed by atoms with Crippen molar-refractivity contribution in [2.75, 3.05) is 13.2 Å². The standard InChI is InChI=1S/C60H106O6/c1-4-7-10-13-16-19-22-24-26-27-28-29-30-31-32-33-35-36-38-41-44-47-50-53-59(62)65-56-57(55-64-58(61)52-49-46-43-40-21-18-15-12-9-6-3)66-60(63)54-51-48-45-42-39-37-34-25-23-20-17-14-11-8-5-2/h8,11-12,15,17,20,25,27-28,34,57H,4-7,9-10,13-14,16,18-19,21-24,26,29-33,35-56H2,1-3H3/b11-8-,15-12-,20-17-,28-27-,34-25-. The van der Waals surface area contributed by atoms with Crippen LogP contribution in [-0.4, -0.2) is 37.2 Å². The number of unbranched alkanes of at least 4 members (excludes halogenated alkanes) is 30. The number of hydrogen-bond donors (Lipinski definition) is 0. The summed E-state index contributed by atoms with van der Waals surface area (Å²) in [7, 11) is 0. The van der Waals surface area contributed by atoms with E-state index in [9.17, 15) is 14.4 Å². The van der Waals surface area contributed by atoms with E-state index in [4.69, 9.17) is 14.2 Å². The molecule has 0 heterocycles. The fraction of sp³-hybridized carbons (Fsp3) is 0.783. The zero-order valence-corrected chi connectivity index (χ0v) is 43.7. The number of ether oxygens (including phenoxy) is 3. The largest absolute Gasteiger partial charge is 0.462 e. The van der Waals surface area contributed by atoms with E-state index in [1.54, 1.807) is 0 Å². The van der Waals surface area contributed by atoms with Gasteiger partial charge in [0.2, 0.25) is 0 Å². The Labute approximate surface area is 409 Å². The SMILES string of the molecule is CC/C=C\C/C=C\C/C=C\CCCCCCCC(=O)OC(COC(=O)CCCCCCC/C=C\CCC)COC(=O)CCCCCCCCCCCCC/C=C\CCCCCCCCCC. The Kier molecular flexibility index (Phi) is 52.3. The Morgan fingerprint density at radius 3 is 1.00 bits per heavy atom. The summed E-state index contributed by atoms with van der Waals surface area (Å²) in [5.41, 5.74) is 0. The molecular formula is C60H106O6. The topological polar surface area (TPSA) is 78.9 Å². The highest BCUT2D eigenvalue weighted by molar-refractivity contribution is 5.71. The number of hydrogen-bond acceptors (Lipinski definition) is 6. The molecule has 66 heavy (non-hydrogen) atoms. The van der Waals surface area contributed by atoms with E-state index in [1.165, 1.54) is 135 Å². The molecule has 0 fully saturated rings. The minimum atomic E-state index is -0.785. The molecule has 0 N–H and O–H groups in total. The molecule has 0 aromatic carbocycles. The molecule has 0 aliphatic rings. The molecule has 0 bridgehead atoms. The molecule has 0 rings (SSSR count). The highest BCUT2D eigenvalue weighted by Gasteiger charge is 2.19. The quantitative estimate of drug-likeness (QED) is 0.0262. The van der Waals surface area contributed by atoms with Crippen LogP contribution < -0.4 is 0 Å². The summed E-state index contributed by atoms with van der Waals surface area (Å²) in [5, 5.41) is 0. The lowest BCUT2D eigenvalue weighted by atomic mass is 10.0. The minimum absolute atomic E-state index is 0.0835. The molecule has 0 radical (unpaired) electrons. The molecule has 0 amide bonds. The molecule has 382 valence electrons. The van der Waals surface area contributed by atoms with Crippen LogP contribution in [0.2, 0.25) is 0 Å². The van der Waals surface area contributed by atoms with Crippen molar-refractivity contribution in [3.05, 3.63) is 60.8 Å². The summed E-state index contributed by atoms with van der Waals surface area (Å²) in [6.45, 7) is 6.46. The maximum Gasteiger partial charge on any atom is 0.306 e. The molecule has 6 nitrogen and oxygen atoms in total. The minimum Gasteiger partial charge on any atom is -0.462 e. The van der Waals surface area contributed by atoms with E-state index in [0.29, 0.717) is 19.3 Å². The molecule has 1 unspecified atom stereocenters. The normalized spacial score (nSPS) is 12.5. The van der Waals surface area contributed by atoms with Crippen LogP contribution in [0.5, 0.6) is 0 Å². The Morgan fingerprint density at radius 1 is 0.318 bits per heavy atom. The van der Waals surface area contributed by atoms with Gasteiger partial charge in [-0.15, -0.1) is 0 Å². The molecule has 0 aliphatic carbocycles. The van der Waals surface area contributed by atoms with E-state index in [-0.39, 0.29) is 31.1 Å². The first-order valence-electron chi connectivity index (χ1n) is 28.3. The van der Waals surface area contributed by atoms with E-state index < -0.39 is 6.10 Å². The van der Waals surface area contributed by atoms with E-state index in [2.05, 4.69) is 81.5 Å². The maximum absolute atomic E-state index is 12.8. The summed E-state index contributed by atoms with van der Waals surface area (Å²) in [6, 6.07) is 0. The number of allylic oxidation sites excluding steroid dienone is 10. The monoisotopic (exact) mass is 923 g/mol. The molecule has 0 saturated heterocycles. The third kappa shape index (κ3) is 52.1. The van der Waals surface area contributed by atoms with Crippen LogP contribution in [0, 0.1) is 0 Å². The highest BCUT2D eigenvalue weighted by atomic mass is 16.6. The van der Waals surface area contributed by atoms with Crippen LogP contribution in [0.1, 0.15) is 284 Å². The third-order valence-electron chi connectivity index (χ3n) is 12.2. The molecule has 0 spiro atoms. The first-order valence-corrected chi connectivity index (χ1v) is 28.3. The smallest absolute Gasteiger partial charge is 0.306 e. The average molecular weight is 924 g/mol. The van der Waals surface area contributed by atoms with Crippen LogP contribution in [0.4, 0.5) is 0 Å². The van der Waals surface area contributed by atoms with Gasteiger partial charge in [-0.25, -0.2) is 0 Å². The van der Waals surface area contributed by atoms with Gasteiger partial charge in [0, 0.05) is 19.3 Å². The van der Waals surface area contributed by atoms with Crippen molar-refractivity contribution in [2.24, 2.45) is 0 Å². The van der Waals surface area contributed by atoms with Crippen LogP contribution in [0.3, 0.4) is 0 Å². The van der Waals surface area contributed by atoms with Gasteiger partial charge in [-0.05, 0) is 96.3 Å². The fourth-order valence-corrected chi connectivity index (χ4v) is 7.98. The molecule has 0 aliphatic heterocycles. The summed E-state index contributed by atoms with van der Waals surface area (Å²) in [4.78, 5) is 38.0. The predicted octanol–water partition coefficient (Wildman–Crippen LogP) is 18.8. The van der Waals surface area contributed by atoms with Crippen LogP contribution in [0.15, 0.2) is 60.8 Å². The van der Waals surface area contributed by atoms with Crippen LogP contribution in [0.25, 0.3) is 0 Å². The second kappa shape index (κ2) is 54.7. The summed E-state index contributed by atoms with van der Waals surface area (Å²) < 4.78 is 16.8. The summed E-state index contributed by atoms with van der Waals surface area (Å²) in [6.07, 6.45) is 68.0. The van der Waals surface area contributed by atoms with Gasteiger partial charge in [0.15, 0.2) is 6.10 Å². The lowest BCUT2D eigenvalue weighted by Gasteiger charge is -2.18. The van der Waals surface area contributed by atoms with Crippen molar-refractivity contribution in [3.8, 4) is 0 Å². The van der Waals surface area contributed by atoms with Gasteiger partial charge in [0.1, 0.15) is 13.2 Å². The Balaban J connectivity index is 4.26. The Bertz CT molecular complexity index is 1200. The first-order chi connectivity index (χ1) is 32.5.